The minimum Gasteiger partial charge on any atom is -0.465 e. The quantitative estimate of drug-likeness (QED) is 0.231. The lowest BCUT2D eigenvalue weighted by molar-refractivity contribution is 0.0594. The highest BCUT2D eigenvalue weighted by Gasteiger charge is 2.34. The van der Waals surface area contributed by atoms with Crippen molar-refractivity contribution in [3.8, 4) is 11.3 Å². The van der Waals surface area contributed by atoms with Crippen LogP contribution in [0, 0.1) is 11.6 Å². The van der Waals surface area contributed by atoms with Crippen LogP contribution in [0.3, 0.4) is 0 Å². The van der Waals surface area contributed by atoms with Gasteiger partial charge in [-0.05, 0) is 76.7 Å². The van der Waals surface area contributed by atoms with E-state index in [1.54, 1.807) is 6.07 Å². The zero-order valence-electron chi connectivity index (χ0n) is 22.3. The summed E-state index contributed by atoms with van der Waals surface area (Å²) >= 11 is 3.15. The summed E-state index contributed by atoms with van der Waals surface area (Å²) < 4.78 is 67.5. The van der Waals surface area contributed by atoms with Gasteiger partial charge >= 0.3 is 5.97 Å². The SMILES string of the molecule is CNC(=O)c1c(-c2ccc(F)cc2)oc2cc(N(Cc3ccc(Br)c(C(=O)OC)c3F)S(C)(=O)=O)c(C3CC3)cc12. The Morgan fingerprint density at radius 3 is 2.37 bits per heavy atom. The van der Waals surface area contributed by atoms with E-state index >= 15 is 4.39 Å². The monoisotopic (exact) mass is 646 g/mol. The molecule has 0 radical (unpaired) electrons. The van der Waals surface area contributed by atoms with Crippen LogP contribution in [0.4, 0.5) is 14.5 Å². The Kier molecular flexibility index (Phi) is 7.64. The van der Waals surface area contributed by atoms with Gasteiger partial charge < -0.3 is 14.5 Å². The van der Waals surface area contributed by atoms with Crippen molar-refractivity contribution in [1.82, 2.24) is 5.32 Å². The normalized spacial score (nSPS) is 13.3. The van der Waals surface area contributed by atoms with Crippen LogP contribution in [-0.2, 0) is 21.3 Å². The van der Waals surface area contributed by atoms with Crippen LogP contribution in [0.2, 0.25) is 0 Å². The van der Waals surface area contributed by atoms with Gasteiger partial charge in [0.15, 0.2) is 0 Å². The maximum absolute atomic E-state index is 15.5. The molecule has 12 heteroatoms. The molecule has 1 heterocycles. The molecule has 0 atom stereocenters. The summed E-state index contributed by atoms with van der Waals surface area (Å²) in [5.41, 5.74) is 1.46. The summed E-state index contributed by atoms with van der Waals surface area (Å²) in [6, 6.07) is 11.6. The third-order valence-electron chi connectivity index (χ3n) is 6.96. The lowest BCUT2D eigenvalue weighted by Gasteiger charge is -2.26. The molecule has 3 aromatic carbocycles. The van der Waals surface area contributed by atoms with Gasteiger partial charge in [0, 0.05) is 34.1 Å². The Morgan fingerprint density at radius 2 is 1.78 bits per heavy atom. The fourth-order valence-corrected chi connectivity index (χ4v) is 6.14. The van der Waals surface area contributed by atoms with Crippen LogP contribution in [0.1, 0.15) is 50.6 Å². The zero-order chi connectivity index (χ0) is 29.6. The number of anilines is 1. The number of ether oxygens (including phenoxy) is 1. The third-order valence-corrected chi connectivity index (χ3v) is 8.75. The van der Waals surface area contributed by atoms with Crippen molar-refractivity contribution in [2.75, 3.05) is 24.7 Å². The summed E-state index contributed by atoms with van der Waals surface area (Å²) in [5.74, 6) is -2.49. The fraction of sp³-hybridized carbons (Fsp3) is 0.241. The molecule has 5 rings (SSSR count). The minimum absolute atomic E-state index is 0.0146. The number of benzene rings is 3. The van der Waals surface area contributed by atoms with Gasteiger partial charge in [-0.15, -0.1) is 0 Å². The predicted molar refractivity (Wildman–Crippen MR) is 153 cm³/mol. The van der Waals surface area contributed by atoms with Gasteiger partial charge in [0.05, 0.1) is 31.2 Å². The number of amides is 1. The second-order valence-electron chi connectivity index (χ2n) is 9.73. The van der Waals surface area contributed by atoms with Gasteiger partial charge in [-0.25, -0.2) is 22.0 Å². The van der Waals surface area contributed by atoms with E-state index in [1.807, 2.05) is 0 Å². The van der Waals surface area contributed by atoms with Gasteiger partial charge in [-0.2, -0.15) is 0 Å². The molecule has 1 amide bonds. The van der Waals surface area contributed by atoms with Crippen LogP contribution in [0.15, 0.2) is 57.4 Å². The van der Waals surface area contributed by atoms with Crippen molar-refractivity contribution in [3.63, 3.8) is 0 Å². The van der Waals surface area contributed by atoms with Crippen LogP contribution in [0.25, 0.3) is 22.3 Å². The molecule has 0 bridgehead atoms. The number of nitrogens with zero attached hydrogens (tertiary/aromatic N) is 1. The number of esters is 1. The Balaban J connectivity index is 1.72. The van der Waals surface area contributed by atoms with Crippen LogP contribution >= 0.6 is 15.9 Å². The average molecular weight is 647 g/mol. The van der Waals surface area contributed by atoms with E-state index in [1.165, 1.54) is 49.5 Å². The first-order valence-electron chi connectivity index (χ1n) is 12.6. The number of methoxy groups -OCH3 is 1. The number of hydrogen-bond acceptors (Lipinski definition) is 6. The van der Waals surface area contributed by atoms with E-state index in [4.69, 9.17) is 9.15 Å². The summed E-state index contributed by atoms with van der Waals surface area (Å²) in [6.45, 7) is -0.416. The van der Waals surface area contributed by atoms with Crippen LogP contribution < -0.4 is 9.62 Å². The molecule has 1 saturated carbocycles. The topological polar surface area (TPSA) is 106 Å². The van der Waals surface area contributed by atoms with E-state index in [9.17, 15) is 22.4 Å². The van der Waals surface area contributed by atoms with Gasteiger partial charge in [0.1, 0.15) is 28.5 Å². The van der Waals surface area contributed by atoms with Crippen LogP contribution in [-0.4, -0.2) is 40.7 Å². The molecule has 8 nitrogen and oxygen atoms in total. The van der Waals surface area contributed by atoms with E-state index in [0.29, 0.717) is 16.5 Å². The zero-order valence-corrected chi connectivity index (χ0v) is 24.7. The highest BCUT2D eigenvalue weighted by atomic mass is 79.9. The van der Waals surface area contributed by atoms with Gasteiger partial charge in [0.2, 0.25) is 10.0 Å². The highest BCUT2D eigenvalue weighted by molar-refractivity contribution is 9.10. The first kappa shape index (κ1) is 28.7. The smallest absolute Gasteiger partial charge is 0.342 e. The number of rotatable bonds is 8. The number of nitrogens with one attached hydrogen (secondary N) is 1. The van der Waals surface area contributed by atoms with Gasteiger partial charge in [-0.3, -0.25) is 9.10 Å². The Labute approximate surface area is 243 Å². The molecule has 41 heavy (non-hydrogen) atoms. The summed E-state index contributed by atoms with van der Waals surface area (Å²) in [4.78, 5) is 25.2. The molecule has 1 fully saturated rings. The summed E-state index contributed by atoms with van der Waals surface area (Å²) in [5, 5.41) is 3.07. The standard InChI is InChI=1S/C29H25BrF2N2O6S/c1-33-28(35)24-20-12-19(15-4-5-15)22(13-23(20)40-27(24)16-6-9-18(31)10-7-16)34(41(3,37)38)14-17-8-11-21(30)25(26(17)32)29(36)39-2/h6-13,15H,4-5,14H2,1-3H3,(H,33,35). The van der Waals surface area contributed by atoms with Crippen LogP contribution in [0.5, 0.6) is 0 Å². The fourth-order valence-electron chi connectivity index (χ4n) is 4.78. The van der Waals surface area contributed by atoms with E-state index in [0.717, 1.165) is 30.5 Å². The van der Waals surface area contributed by atoms with Crippen molar-refractivity contribution in [1.29, 1.82) is 0 Å². The van der Waals surface area contributed by atoms with E-state index in [2.05, 4.69) is 21.2 Å². The number of carbonyl (C=O) groups excluding carboxylic acids is 2. The molecule has 0 aliphatic heterocycles. The van der Waals surface area contributed by atoms with Gasteiger partial charge in [-0.1, -0.05) is 6.07 Å². The highest BCUT2D eigenvalue weighted by Crippen LogP contribution is 2.48. The molecule has 1 N–H and O–H groups in total. The van der Waals surface area contributed by atoms with E-state index in [-0.39, 0.29) is 44.1 Å². The Hall–Kier alpha value is -3.77. The molecule has 0 unspecified atom stereocenters. The number of furan rings is 1. The maximum Gasteiger partial charge on any atom is 0.342 e. The first-order chi connectivity index (χ1) is 19.4. The largest absolute Gasteiger partial charge is 0.465 e. The van der Waals surface area contributed by atoms with Crippen molar-refractivity contribution < 1.29 is 35.9 Å². The van der Waals surface area contributed by atoms with Crippen molar-refractivity contribution in [3.05, 3.63) is 86.9 Å². The molecule has 0 spiro atoms. The second-order valence-corrected chi connectivity index (χ2v) is 12.5. The van der Waals surface area contributed by atoms with Gasteiger partial charge in [0.25, 0.3) is 5.91 Å². The lowest BCUT2D eigenvalue weighted by atomic mass is 10.00. The summed E-state index contributed by atoms with van der Waals surface area (Å²) in [7, 11) is -1.38. The molecule has 214 valence electrons. The molecular formula is C29H25BrF2N2O6S. The predicted octanol–water partition coefficient (Wildman–Crippen LogP) is 6.13. The number of fused-ring (bicyclic) bond motifs is 1. The second kappa shape index (κ2) is 10.9. The number of sulfonamides is 1. The Bertz CT molecular complexity index is 1800. The molecule has 4 aromatic rings. The molecule has 1 aliphatic rings. The number of carbonyl (C=O) groups is 2. The average Bonchev–Trinajstić information content (AvgIpc) is 3.71. The molecular weight excluding hydrogens is 622 g/mol. The molecule has 0 saturated heterocycles. The first-order valence-corrected chi connectivity index (χ1v) is 15.2. The van der Waals surface area contributed by atoms with Crippen molar-refractivity contribution in [2.24, 2.45) is 0 Å². The minimum atomic E-state index is -3.98. The Morgan fingerprint density at radius 1 is 1.10 bits per heavy atom. The van der Waals surface area contributed by atoms with Crippen molar-refractivity contribution >= 4 is 54.5 Å². The lowest BCUT2D eigenvalue weighted by Crippen LogP contribution is -2.31. The summed E-state index contributed by atoms with van der Waals surface area (Å²) in [6.07, 6.45) is 2.61. The maximum atomic E-state index is 15.5. The number of halogens is 3. The molecule has 1 aromatic heterocycles. The third kappa shape index (κ3) is 5.45. The molecule has 1 aliphatic carbocycles. The van der Waals surface area contributed by atoms with Crippen molar-refractivity contribution in [2.45, 2.75) is 25.3 Å². The van der Waals surface area contributed by atoms with E-state index < -0.39 is 40.1 Å². The number of hydrogen-bond donors (Lipinski definition) is 1.